The summed E-state index contributed by atoms with van der Waals surface area (Å²) in [5.74, 6) is 0. The molecular weight excluding hydrogens is 392 g/mol. The van der Waals surface area contributed by atoms with Gasteiger partial charge in [0.25, 0.3) is 6.47 Å². The first-order chi connectivity index (χ1) is 14.0. The summed E-state index contributed by atoms with van der Waals surface area (Å²) < 4.78 is 0. The molecule has 7 nitrogen and oxygen atoms in total. The number of rotatable bonds is 4. The van der Waals surface area contributed by atoms with Crippen molar-refractivity contribution in [2.45, 2.75) is 38.8 Å². The average Bonchev–Trinajstić information content (AvgIpc) is 2.75. The van der Waals surface area contributed by atoms with Gasteiger partial charge in [-0.3, -0.25) is 9.69 Å². The molecule has 2 heterocycles. The van der Waals surface area contributed by atoms with Gasteiger partial charge in [0.15, 0.2) is 0 Å². The smallest absolute Gasteiger partial charge is 0.317 e. The lowest BCUT2D eigenvalue weighted by atomic mass is 10.0. The fourth-order valence-electron chi connectivity index (χ4n) is 3.99. The number of likely N-dealkylation sites (N-methyl/N-ethyl adjacent to an activating group) is 1. The summed E-state index contributed by atoms with van der Waals surface area (Å²) in [6.07, 6.45) is 2.16. The molecule has 2 saturated heterocycles. The zero-order valence-electron chi connectivity index (χ0n) is 17.4. The first-order valence-electron chi connectivity index (χ1n) is 10.3. The number of benzene rings is 1. The van der Waals surface area contributed by atoms with Crippen LogP contribution < -0.4 is 5.32 Å². The lowest BCUT2D eigenvalue weighted by Gasteiger charge is -2.42. The number of nitrogens with zero attached hydrogens (tertiary/aromatic N) is 3. The largest absolute Gasteiger partial charge is 0.483 e. The van der Waals surface area contributed by atoms with Crippen molar-refractivity contribution in [1.82, 2.24) is 20.0 Å². The molecule has 0 spiro atoms. The van der Waals surface area contributed by atoms with Gasteiger partial charge in [-0.25, -0.2) is 4.79 Å². The molecule has 2 aliphatic rings. The van der Waals surface area contributed by atoms with Gasteiger partial charge in [-0.1, -0.05) is 30.7 Å². The minimum atomic E-state index is -0.250. The minimum Gasteiger partial charge on any atom is -0.483 e. The van der Waals surface area contributed by atoms with Gasteiger partial charge in [0.1, 0.15) is 0 Å². The second-order valence-corrected chi connectivity index (χ2v) is 7.95. The number of piperidine rings is 1. The van der Waals surface area contributed by atoms with Crippen molar-refractivity contribution in [2.24, 2.45) is 0 Å². The molecule has 2 aliphatic heterocycles. The highest BCUT2D eigenvalue weighted by Crippen LogP contribution is 2.20. The Morgan fingerprint density at radius 2 is 1.72 bits per heavy atom. The SMILES string of the molecule is CCN1CCN(C2CCN(C(=O)NC(C)c3ccc(Cl)cc3)CC2)CC1.O=CO. The third-order valence-electron chi connectivity index (χ3n) is 5.83. The predicted octanol–water partition coefficient (Wildman–Crippen LogP) is 2.91. The summed E-state index contributed by atoms with van der Waals surface area (Å²) in [7, 11) is 0. The fourth-order valence-corrected chi connectivity index (χ4v) is 4.12. The number of carboxylic acid groups (broad SMARTS) is 1. The second kappa shape index (κ2) is 12.0. The predicted molar refractivity (Wildman–Crippen MR) is 115 cm³/mol. The number of hydrogen-bond acceptors (Lipinski definition) is 4. The summed E-state index contributed by atoms with van der Waals surface area (Å²) in [5.41, 5.74) is 1.08. The first-order valence-corrected chi connectivity index (χ1v) is 10.7. The van der Waals surface area contributed by atoms with Crippen LogP contribution in [0.2, 0.25) is 5.02 Å². The van der Waals surface area contributed by atoms with E-state index in [1.165, 1.54) is 13.1 Å². The lowest BCUT2D eigenvalue weighted by Crippen LogP contribution is -2.54. The van der Waals surface area contributed by atoms with Crippen LogP contribution in [0.4, 0.5) is 4.79 Å². The topological polar surface area (TPSA) is 76.1 Å². The molecule has 3 rings (SSSR count). The highest BCUT2D eigenvalue weighted by Gasteiger charge is 2.29. The summed E-state index contributed by atoms with van der Waals surface area (Å²) in [6.45, 7) is 11.5. The van der Waals surface area contributed by atoms with E-state index in [-0.39, 0.29) is 18.5 Å². The van der Waals surface area contributed by atoms with E-state index in [4.69, 9.17) is 21.5 Å². The number of carbonyl (C=O) groups is 2. The van der Waals surface area contributed by atoms with Crippen LogP contribution in [0.3, 0.4) is 0 Å². The number of nitrogens with one attached hydrogen (secondary N) is 1. The number of carbonyl (C=O) groups excluding carboxylic acids is 1. The molecule has 0 radical (unpaired) electrons. The molecule has 8 heteroatoms. The molecule has 1 unspecified atom stereocenters. The van der Waals surface area contributed by atoms with Crippen molar-refractivity contribution in [1.29, 1.82) is 0 Å². The van der Waals surface area contributed by atoms with Crippen LogP contribution >= 0.6 is 11.6 Å². The van der Waals surface area contributed by atoms with Crippen LogP contribution in [-0.4, -0.2) is 84.2 Å². The number of halogens is 1. The third-order valence-corrected chi connectivity index (χ3v) is 6.08. The maximum atomic E-state index is 12.6. The van der Waals surface area contributed by atoms with E-state index in [1.54, 1.807) is 0 Å². The maximum Gasteiger partial charge on any atom is 0.317 e. The van der Waals surface area contributed by atoms with Crippen molar-refractivity contribution < 1.29 is 14.7 Å². The van der Waals surface area contributed by atoms with Gasteiger partial charge in [0.2, 0.25) is 0 Å². The van der Waals surface area contributed by atoms with Gasteiger partial charge in [-0.15, -0.1) is 0 Å². The molecule has 1 aromatic rings. The second-order valence-electron chi connectivity index (χ2n) is 7.52. The van der Waals surface area contributed by atoms with E-state index < -0.39 is 0 Å². The molecule has 1 aromatic carbocycles. The monoisotopic (exact) mass is 424 g/mol. The molecule has 0 aromatic heterocycles. The summed E-state index contributed by atoms with van der Waals surface area (Å²) >= 11 is 5.94. The zero-order chi connectivity index (χ0) is 21.2. The van der Waals surface area contributed by atoms with Crippen molar-refractivity contribution in [2.75, 3.05) is 45.8 Å². The van der Waals surface area contributed by atoms with E-state index in [0.29, 0.717) is 11.1 Å². The van der Waals surface area contributed by atoms with E-state index >= 15 is 0 Å². The molecule has 2 fully saturated rings. The Balaban J connectivity index is 0.000000941. The van der Waals surface area contributed by atoms with E-state index in [9.17, 15) is 4.79 Å². The number of hydrogen-bond donors (Lipinski definition) is 2. The van der Waals surface area contributed by atoms with Crippen molar-refractivity contribution >= 4 is 24.1 Å². The quantitative estimate of drug-likeness (QED) is 0.727. The average molecular weight is 425 g/mol. The highest BCUT2D eigenvalue weighted by molar-refractivity contribution is 6.30. The van der Waals surface area contributed by atoms with E-state index in [0.717, 1.165) is 51.1 Å². The molecule has 2 N–H and O–H groups in total. The summed E-state index contributed by atoms with van der Waals surface area (Å²) in [4.78, 5) is 28.0. The lowest BCUT2D eigenvalue weighted by molar-refractivity contribution is -0.122. The van der Waals surface area contributed by atoms with Crippen molar-refractivity contribution in [3.05, 3.63) is 34.9 Å². The molecule has 0 saturated carbocycles. The summed E-state index contributed by atoms with van der Waals surface area (Å²) in [6, 6.07) is 8.32. The number of urea groups is 1. The fraction of sp³-hybridized carbons (Fsp3) is 0.619. The van der Waals surface area contributed by atoms with Gasteiger partial charge in [-0.2, -0.15) is 0 Å². The third kappa shape index (κ3) is 7.17. The van der Waals surface area contributed by atoms with Crippen molar-refractivity contribution in [3.8, 4) is 0 Å². The Morgan fingerprint density at radius 3 is 2.24 bits per heavy atom. The van der Waals surface area contributed by atoms with Crippen LogP contribution in [0.15, 0.2) is 24.3 Å². The number of likely N-dealkylation sites (tertiary alicyclic amines) is 1. The molecule has 1 atom stereocenters. The van der Waals surface area contributed by atoms with Crippen LogP contribution in [0.5, 0.6) is 0 Å². The van der Waals surface area contributed by atoms with Gasteiger partial charge in [-0.05, 0) is 44.0 Å². The van der Waals surface area contributed by atoms with Crippen molar-refractivity contribution in [3.63, 3.8) is 0 Å². The number of piperazine rings is 1. The molecule has 0 bridgehead atoms. The first kappa shape index (κ1) is 23.4. The highest BCUT2D eigenvalue weighted by atomic mass is 35.5. The maximum absolute atomic E-state index is 12.6. The van der Waals surface area contributed by atoms with Gasteiger partial charge in [0.05, 0.1) is 6.04 Å². The van der Waals surface area contributed by atoms with Gasteiger partial charge < -0.3 is 20.2 Å². The molecule has 0 aliphatic carbocycles. The Labute approximate surface area is 178 Å². The molecular formula is C21H33ClN4O3. The van der Waals surface area contributed by atoms with Crippen LogP contribution in [-0.2, 0) is 4.79 Å². The molecule has 162 valence electrons. The van der Waals surface area contributed by atoms with Gasteiger partial charge in [0, 0.05) is 50.3 Å². The van der Waals surface area contributed by atoms with Crippen LogP contribution in [0, 0.1) is 0 Å². The Hall–Kier alpha value is -1.83. The zero-order valence-corrected chi connectivity index (χ0v) is 18.1. The minimum absolute atomic E-state index is 0.0142. The molecule has 29 heavy (non-hydrogen) atoms. The Bertz CT molecular complexity index is 627. The Morgan fingerprint density at radius 1 is 1.17 bits per heavy atom. The standard InChI is InChI=1S/C20H31ClN4O.CH2O2/c1-3-23-12-14-24(15-13-23)19-8-10-25(11-9-19)20(26)22-16(2)17-4-6-18(21)7-5-17;2-1-3/h4-7,16,19H,3,8-15H2,1-2H3,(H,22,26);1H,(H,2,3). The summed E-state index contributed by atoms with van der Waals surface area (Å²) in [5, 5.41) is 10.7. The normalized spacial score (nSPS) is 19.8. The van der Waals surface area contributed by atoms with Gasteiger partial charge >= 0.3 is 6.03 Å². The van der Waals surface area contributed by atoms with Crippen LogP contribution in [0.25, 0.3) is 0 Å². The Kier molecular flexibility index (Phi) is 9.70. The molecule has 2 amide bonds. The van der Waals surface area contributed by atoms with Crippen LogP contribution in [0.1, 0.15) is 38.3 Å². The van der Waals surface area contributed by atoms with E-state index in [1.807, 2.05) is 36.1 Å². The van der Waals surface area contributed by atoms with E-state index in [2.05, 4.69) is 22.0 Å². The number of amides is 2.